The molecule has 1 aromatic heterocycles. The smallest absolute Gasteiger partial charge is 0.408 e. The van der Waals surface area contributed by atoms with Gasteiger partial charge in [0.2, 0.25) is 0 Å². The molecule has 10 nitrogen and oxygen atoms in total. The van der Waals surface area contributed by atoms with Crippen molar-refractivity contribution < 1.29 is 37.9 Å². The first-order chi connectivity index (χ1) is 14.1. The highest BCUT2D eigenvalue weighted by atomic mass is 16.6. The Kier molecular flexibility index (Phi) is 9.87. The van der Waals surface area contributed by atoms with Crippen LogP contribution in [0.3, 0.4) is 0 Å². The van der Waals surface area contributed by atoms with Crippen molar-refractivity contribution in [2.45, 2.75) is 59.6 Å². The Morgan fingerprint density at radius 3 is 2.40 bits per heavy atom. The number of carbonyl (C=O) groups excluding carboxylic acids is 3. The van der Waals surface area contributed by atoms with Gasteiger partial charge in [-0.05, 0) is 46.7 Å². The van der Waals surface area contributed by atoms with E-state index < -0.39 is 29.7 Å². The Hall–Kier alpha value is -3.04. The number of hydrogen-bond donors (Lipinski definition) is 1. The molecule has 10 heteroatoms. The lowest BCUT2D eigenvalue weighted by Gasteiger charge is -2.22. The van der Waals surface area contributed by atoms with Crippen LogP contribution in [-0.4, -0.2) is 54.7 Å². The fourth-order valence-electron chi connectivity index (χ4n) is 2.26. The summed E-state index contributed by atoms with van der Waals surface area (Å²) < 4.78 is 25.8. The van der Waals surface area contributed by atoms with E-state index in [-0.39, 0.29) is 43.4 Å². The molecule has 0 aromatic carbocycles. The summed E-state index contributed by atoms with van der Waals surface area (Å²) in [6, 6.07) is -1.17. The first-order valence-electron chi connectivity index (χ1n) is 9.68. The molecule has 0 spiro atoms. The predicted molar refractivity (Wildman–Crippen MR) is 106 cm³/mol. The average Bonchev–Trinajstić information content (AvgIpc) is 3.03. The highest BCUT2D eigenvalue weighted by molar-refractivity contribution is 5.89. The molecule has 1 rings (SSSR count). The second-order valence-electron chi connectivity index (χ2n) is 7.05. The molecular formula is C20H30N2O8. The molecule has 0 saturated heterocycles. The van der Waals surface area contributed by atoms with Gasteiger partial charge in [0.25, 0.3) is 11.6 Å². The fourth-order valence-corrected chi connectivity index (χ4v) is 2.26. The summed E-state index contributed by atoms with van der Waals surface area (Å²) in [6.45, 7) is 10.6. The van der Waals surface area contributed by atoms with Crippen molar-refractivity contribution in [1.29, 1.82) is 0 Å². The number of nitrogens with one attached hydrogen (secondary N) is 1. The zero-order valence-electron chi connectivity index (χ0n) is 18.3. The van der Waals surface area contributed by atoms with Crippen molar-refractivity contribution in [1.82, 2.24) is 10.5 Å². The van der Waals surface area contributed by atoms with E-state index in [0.717, 1.165) is 0 Å². The standard InChI is InChI=1S/C20H30N2O8/c1-7-10-11-28-16-13(15(30-22-16)18(24)27-9-3)12-14(17(23)26-8-2)21-19(25)29-20(4,5)6/h7,10,14H,8-9,11-12H2,1-6H3,(H,21,25)/b10-7+. The number of aromatic nitrogens is 1. The van der Waals surface area contributed by atoms with E-state index in [9.17, 15) is 14.4 Å². The van der Waals surface area contributed by atoms with Crippen LogP contribution < -0.4 is 10.1 Å². The minimum atomic E-state index is -1.17. The summed E-state index contributed by atoms with van der Waals surface area (Å²) in [4.78, 5) is 36.9. The summed E-state index contributed by atoms with van der Waals surface area (Å²) in [5.41, 5.74) is -0.593. The maximum absolute atomic E-state index is 12.4. The van der Waals surface area contributed by atoms with Crippen molar-refractivity contribution in [3.63, 3.8) is 0 Å². The van der Waals surface area contributed by atoms with Crippen LogP contribution in [0.1, 0.15) is 57.7 Å². The van der Waals surface area contributed by atoms with E-state index in [1.165, 1.54) is 0 Å². The first-order valence-corrected chi connectivity index (χ1v) is 9.68. The second kappa shape index (κ2) is 11.8. The maximum atomic E-state index is 12.4. The monoisotopic (exact) mass is 426 g/mol. The van der Waals surface area contributed by atoms with E-state index in [2.05, 4.69) is 10.5 Å². The SMILES string of the molecule is C/C=C/COc1noc(C(=O)OCC)c1CC(NC(=O)OC(C)(C)C)C(=O)OCC. The maximum Gasteiger partial charge on any atom is 0.408 e. The number of rotatable bonds is 10. The normalized spacial score (nSPS) is 12.3. The minimum absolute atomic E-state index is 0.0106. The molecule has 1 heterocycles. The number of carbonyl (C=O) groups is 3. The van der Waals surface area contributed by atoms with Gasteiger partial charge in [0.15, 0.2) is 0 Å². The summed E-state index contributed by atoms with van der Waals surface area (Å²) in [5.74, 6) is -1.68. The molecule has 168 valence electrons. The minimum Gasteiger partial charge on any atom is -0.471 e. The molecule has 0 saturated carbocycles. The lowest BCUT2D eigenvalue weighted by Crippen LogP contribution is -2.45. The molecule has 1 aromatic rings. The van der Waals surface area contributed by atoms with Crippen LogP contribution in [0, 0.1) is 0 Å². The zero-order chi connectivity index (χ0) is 22.7. The van der Waals surface area contributed by atoms with Crippen LogP contribution in [0.5, 0.6) is 5.88 Å². The molecule has 0 aliphatic carbocycles. The van der Waals surface area contributed by atoms with Crippen LogP contribution in [0.4, 0.5) is 4.79 Å². The topological polar surface area (TPSA) is 126 Å². The van der Waals surface area contributed by atoms with Crippen molar-refractivity contribution in [3.8, 4) is 5.88 Å². The van der Waals surface area contributed by atoms with Gasteiger partial charge >= 0.3 is 18.0 Å². The molecule has 0 fully saturated rings. The zero-order valence-corrected chi connectivity index (χ0v) is 18.3. The molecule has 1 N–H and O–H groups in total. The van der Waals surface area contributed by atoms with Gasteiger partial charge < -0.3 is 28.8 Å². The summed E-state index contributed by atoms with van der Waals surface area (Å²) in [7, 11) is 0. The molecule has 1 unspecified atom stereocenters. The molecular weight excluding hydrogens is 396 g/mol. The van der Waals surface area contributed by atoms with Gasteiger partial charge in [-0.25, -0.2) is 14.4 Å². The van der Waals surface area contributed by atoms with Crippen molar-refractivity contribution in [2.24, 2.45) is 0 Å². The van der Waals surface area contributed by atoms with Crippen LogP contribution >= 0.6 is 0 Å². The van der Waals surface area contributed by atoms with Crippen molar-refractivity contribution >= 4 is 18.0 Å². The van der Waals surface area contributed by atoms with Crippen LogP contribution in [0.15, 0.2) is 16.7 Å². The lowest BCUT2D eigenvalue weighted by molar-refractivity contribution is -0.145. The average molecular weight is 426 g/mol. The predicted octanol–water partition coefficient (Wildman–Crippen LogP) is 2.81. The molecule has 0 radical (unpaired) electrons. The molecule has 0 aliphatic rings. The number of nitrogens with zero attached hydrogens (tertiary/aromatic N) is 1. The Bertz CT molecular complexity index is 748. The van der Waals surface area contributed by atoms with Gasteiger partial charge in [-0.3, -0.25) is 0 Å². The number of hydrogen-bond acceptors (Lipinski definition) is 9. The Balaban J connectivity index is 3.19. The van der Waals surface area contributed by atoms with Crippen LogP contribution in [0.25, 0.3) is 0 Å². The highest BCUT2D eigenvalue weighted by Gasteiger charge is 2.32. The van der Waals surface area contributed by atoms with Gasteiger partial charge in [0.05, 0.1) is 18.8 Å². The number of allylic oxidation sites excluding steroid dienone is 1. The quantitative estimate of drug-likeness (QED) is 0.341. The number of ether oxygens (including phenoxy) is 4. The third kappa shape index (κ3) is 8.14. The summed E-state index contributed by atoms with van der Waals surface area (Å²) in [6.07, 6.45) is 2.51. The van der Waals surface area contributed by atoms with Crippen molar-refractivity contribution in [2.75, 3.05) is 19.8 Å². The van der Waals surface area contributed by atoms with Gasteiger partial charge in [0, 0.05) is 6.42 Å². The van der Waals surface area contributed by atoms with E-state index in [1.807, 2.05) is 6.92 Å². The van der Waals surface area contributed by atoms with Crippen LogP contribution in [0.2, 0.25) is 0 Å². The highest BCUT2D eigenvalue weighted by Crippen LogP contribution is 2.25. The molecule has 1 amide bonds. The first kappa shape index (κ1) is 25.0. The third-order valence-corrected chi connectivity index (χ3v) is 3.44. The number of esters is 2. The van der Waals surface area contributed by atoms with Crippen LogP contribution in [-0.2, 0) is 25.4 Å². The van der Waals surface area contributed by atoms with E-state index in [4.69, 9.17) is 23.5 Å². The van der Waals surface area contributed by atoms with E-state index >= 15 is 0 Å². The van der Waals surface area contributed by atoms with Gasteiger partial charge in [-0.2, -0.15) is 0 Å². The number of alkyl carbamates (subject to hydrolysis) is 1. The largest absolute Gasteiger partial charge is 0.471 e. The molecule has 30 heavy (non-hydrogen) atoms. The van der Waals surface area contributed by atoms with E-state index in [0.29, 0.717) is 0 Å². The Morgan fingerprint density at radius 2 is 1.83 bits per heavy atom. The Labute approximate surface area is 175 Å². The third-order valence-electron chi connectivity index (χ3n) is 3.44. The second-order valence-corrected chi connectivity index (χ2v) is 7.05. The lowest BCUT2D eigenvalue weighted by atomic mass is 10.1. The Morgan fingerprint density at radius 1 is 1.17 bits per heavy atom. The number of amides is 1. The van der Waals surface area contributed by atoms with Gasteiger partial charge in [0.1, 0.15) is 18.2 Å². The molecule has 0 bridgehead atoms. The fraction of sp³-hybridized carbons (Fsp3) is 0.600. The molecule has 1 atom stereocenters. The van der Waals surface area contributed by atoms with E-state index in [1.54, 1.807) is 46.8 Å². The molecule has 0 aliphatic heterocycles. The van der Waals surface area contributed by atoms with Gasteiger partial charge in [-0.1, -0.05) is 12.2 Å². The summed E-state index contributed by atoms with van der Waals surface area (Å²) in [5, 5.41) is 6.22. The van der Waals surface area contributed by atoms with Gasteiger partial charge in [-0.15, -0.1) is 0 Å². The summed E-state index contributed by atoms with van der Waals surface area (Å²) >= 11 is 0. The van der Waals surface area contributed by atoms with Crippen molar-refractivity contribution in [3.05, 3.63) is 23.5 Å².